The molecule has 0 atom stereocenters. The third kappa shape index (κ3) is 1.33. The largest absolute Gasteiger partial charge is 0.247 e. The van der Waals surface area contributed by atoms with Crippen LogP contribution in [0.25, 0.3) is 27.7 Å². The number of rotatable bonds is 0. The van der Waals surface area contributed by atoms with E-state index in [1.165, 1.54) is 53.5 Å². The Morgan fingerprint density at radius 2 is 1.57 bits per heavy atom. The van der Waals surface area contributed by atoms with E-state index in [-0.39, 0.29) is 5.41 Å². The van der Waals surface area contributed by atoms with E-state index >= 15 is 0 Å². The highest BCUT2D eigenvalue weighted by atomic mass is 14.7. The Balaban J connectivity index is 1.81. The molecule has 2 aromatic carbocycles. The molecule has 0 saturated carbocycles. The molecule has 2 bridgehead atoms. The Kier molecular flexibility index (Phi) is 2.05. The van der Waals surface area contributed by atoms with Crippen LogP contribution in [0.2, 0.25) is 0 Å². The van der Waals surface area contributed by atoms with E-state index in [0.717, 1.165) is 5.52 Å². The third-order valence-corrected chi connectivity index (χ3v) is 6.23. The van der Waals surface area contributed by atoms with Crippen molar-refractivity contribution < 1.29 is 0 Å². The average molecular weight is 295 g/mol. The van der Waals surface area contributed by atoms with Crippen LogP contribution in [0.5, 0.6) is 0 Å². The highest BCUT2D eigenvalue weighted by Gasteiger charge is 2.51. The first-order chi connectivity index (χ1) is 11.4. The zero-order chi connectivity index (χ0) is 15.0. The Bertz CT molecular complexity index is 1020. The molecule has 23 heavy (non-hydrogen) atoms. The summed E-state index contributed by atoms with van der Waals surface area (Å²) in [7, 11) is 0. The zero-order valence-corrected chi connectivity index (χ0v) is 13.0. The summed E-state index contributed by atoms with van der Waals surface area (Å²) >= 11 is 0. The molecule has 0 spiro atoms. The summed E-state index contributed by atoms with van der Waals surface area (Å²) in [4.78, 5) is 5.11. The number of pyridine rings is 1. The molecule has 6 rings (SSSR count). The van der Waals surface area contributed by atoms with E-state index in [0.29, 0.717) is 0 Å². The highest BCUT2D eigenvalue weighted by Crippen LogP contribution is 2.64. The van der Waals surface area contributed by atoms with E-state index in [4.69, 9.17) is 4.98 Å². The van der Waals surface area contributed by atoms with Gasteiger partial charge in [0, 0.05) is 16.4 Å². The molecule has 1 heteroatoms. The van der Waals surface area contributed by atoms with Crippen molar-refractivity contribution in [2.45, 2.75) is 31.1 Å². The van der Waals surface area contributed by atoms with Gasteiger partial charge in [0.2, 0.25) is 0 Å². The van der Waals surface area contributed by atoms with Crippen molar-refractivity contribution in [2.75, 3.05) is 0 Å². The van der Waals surface area contributed by atoms with Crippen molar-refractivity contribution in [1.82, 2.24) is 4.98 Å². The second-order valence-corrected chi connectivity index (χ2v) is 7.18. The van der Waals surface area contributed by atoms with E-state index in [1.807, 2.05) is 0 Å². The maximum absolute atomic E-state index is 5.11. The second-order valence-electron chi connectivity index (χ2n) is 7.18. The first-order valence-electron chi connectivity index (χ1n) is 8.59. The monoisotopic (exact) mass is 295 g/mol. The van der Waals surface area contributed by atoms with Gasteiger partial charge in [-0.1, -0.05) is 48.0 Å². The molecule has 0 unspecified atom stereocenters. The van der Waals surface area contributed by atoms with Crippen molar-refractivity contribution in [3.8, 4) is 11.3 Å². The quantitative estimate of drug-likeness (QED) is 0.534. The SMILES string of the molecule is c1ccc2c(c1)C1=C3CCC1(CC3)c1cc3ccccc3nc1-2. The van der Waals surface area contributed by atoms with Gasteiger partial charge in [-0.15, -0.1) is 0 Å². The van der Waals surface area contributed by atoms with E-state index in [9.17, 15) is 0 Å². The van der Waals surface area contributed by atoms with Crippen LogP contribution in [0, 0.1) is 0 Å². The molecule has 1 aromatic heterocycles. The first-order valence-corrected chi connectivity index (χ1v) is 8.59. The fourth-order valence-electron chi connectivity index (χ4n) is 5.26. The summed E-state index contributed by atoms with van der Waals surface area (Å²) in [5.74, 6) is 0. The fourth-order valence-corrected chi connectivity index (χ4v) is 5.26. The molecule has 1 heterocycles. The molecule has 0 fully saturated rings. The van der Waals surface area contributed by atoms with Crippen molar-refractivity contribution in [1.29, 1.82) is 0 Å². The van der Waals surface area contributed by atoms with E-state index in [2.05, 4.69) is 54.6 Å². The molecule has 110 valence electrons. The topological polar surface area (TPSA) is 12.9 Å². The molecule has 0 saturated heterocycles. The predicted octanol–water partition coefficient (Wildman–Crippen LogP) is 5.49. The van der Waals surface area contributed by atoms with Gasteiger partial charge < -0.3 is 0 Å². The molecule has 3 aromatic rings. The summed E-state index contributed by atoms with van der Waals surface area (Å²) in [6, 6.07) is 19.9. The molecule has 3 aliphatic rings. The molecule has 0 N–H and O–H groups in total. The zero-order valence-electron chi connectivity index (χ0n) is 13.0. The van der Waals surface area contributed by atoms with Crippen LogP contribution in [0.1, 0.15) is 36.8 Å². The van der Waals surface area contributed by atoms with Crippen molar-refractivity contribution >= 4 is 16.5 Å². The molecule has 0 amide bonds. The second kappa shape index (κ2) is 3.91. The Hall–Kier alpha value is -2.41. The van der Waals surface area contributed by atoms with Gasteiger partial charge in [-0.2, -0.15) is 0 Å². The van der Waals surface area contributed by atoms with Crippen molar-refractivity contribution in [3.05, 3.63) is 71.3 Å². The van der Waals surface area contributed by atoms with Gasteiger partial charge in [0.25, 0.3) is 0 Å². The number of para-hydroxylation sites is 1. The average Bonchev–Trinajstić information content (AvgIpc) is 3.18. The van der Waals surface area contributed by atoms with Crippen LogP contribution in [0.3, 0.4) is 0 Å². The Morgan fingerprint density at radius 3 is 2.43 bits per heavy atom. The number of hydrogen-bond acceptors (Lipinski definition) is 1. The normalized spacial score (nSPS) is 19.7. The Labute approximate surface area is 135 Å². The lowest BCUT2D eigenvalue weighted by molar-refractivity contribution is 0.471. The van der Waals surface area contributed by atoms with Gasteiger partial charge in [-0.3, -0.25) is 0 Å². The van der Waals surface area contributed by atoms with Gasteiger partial charge in [-0.05, 0) is 54.5 Å². The molecule has 3 aliphatic carbocycles. The summed E-state index contributed by atoms with van der Waals surface area (Å²) in [6.45, 7) is 0. The number of allylic oxidation sites excluding steroid dienone is 2. The number of benzene rings is 2. The fraction of sp³-hybridized carbons (Fsp3) is 0.227. The molecule has 0 aliphatic heterocycles. The minimum Gasteiger partial charge on any atom is -0.247 e. The van der Waals surface area contributed by atoms with Crippen LogP contribution in [0.4, 0.5) is 0 Å². The maximum atomic E-state index is 5.11. The lowest BCUT2D eigenvalue weighted by atomic mass is 9.66. The number of hydrogen-bond donors (Lipinski definition) is 0. The highest BCUT2D eigenvalue weighted by molar-refractivity contribution is 5.98. The number of fused-ring (bicyclic) bond motifs is 4. The smallest absolute Gasteiger partial charge is 0.0756 e. The number of nitrogens with zero attached hydrogens (tertiary/aromatic N) is 1. The third-order valence-electron chi connectivity index (χ3n) is 6.23. The summed E-state index contributed by atoms with van der Waals surface area (Å²) in [5, 5.41) is 1.28. The van der Waals surface area contributed by atoms with Gasteiger partial charge in [0.05, 0.1) is 11.2 Å². The van der Waals surface area contributed by atoms with Crippen LogP contribution in [-0.4, -0.2) is 4.98 Å². The summed E-state index contributed by atoms with van der Waals surface area (Å²) in [5.41, 5.74) is 10.2. The lowest BCUT2D eigenvalue weighted by Crippen LogP contribution is -2.28. The molecule has 1 nitrogen and oxygen atoms in total. The van der Waals surface area contributed by atoms with Crippen molar-refractivity contribution in [2.24, 2.45) is 0 Å². The minimum atomic E-state index is 0.246. The van der Waals surface area contributed by atoms with Crippen LogP contribution >= 0.6 is 0 Å². The summed E-state index contributed by atoms with van der Waals surface area (Å²) < 4.78 is 0. The van der Waals surface area contributed by atoms with Crippen LogP contribution in [0.15, 0.2) is 60.2 Å². The predicted molar refractivity (Wildman–Crippen MR) is 94.2 cm³/mol. The van der Waals surface area contributed by atoms with Crippen molar-refractivity contribution in [3.63, 3.8) is 0 Å². The standard InChI is InChI=1S/C22H17N/c1-4-8-19-15(5-1)13-18-21(23-19)17-7-3-2-6-16(17)20-14-9-11-22(18,20)12-10-14/h1-8,13H,9-12H2. The van der Waals surface area contributed by atoms with Gasteiger partial charge >= 0.3 is 0 Å². The molecule has 0 radical (unpaired) electrons. The minimum absolute atomic E-state index is 0.246. The van der Waals surface area contributed by atoms with Gasteiger partial charge in [0.1, 0.15) is 0 Å². The first kappa shape index (κ1) is 12.1. The maximum Gasteiger partial charge on any atom is 0.0756 e. The Morgan fingerprint density at radius 1 is 0.826 bits per heavy atom. The molecular weight excluding hydrogens is 278 g/mol. The van der Waals surface area contributed by atoms with Gasteiger partial charge in [0.15, 0.2) is 0 Å². The van der Waals surface area contributed by atoms with Crippen LogP contribution in [-0.2, 0) is 5.41 Å². The van der Waals surface area contributed by atoms with Crippen LogP contribution < -0.4 is 0 Å². The van der Waals surface area contributed by atoms with E-state index in [1.54, 1.807) is 11.1 Å². The molecular formula is C22H17N. The van der Waals surface area contributed by atoms with E-state index < -0.39 is 0 Å². The van der Waals surface area contributed by atoms with Gasteiger partial charge in [-0.25, -0.2) is 4.98 Å². The lowest BCUT2D eigenvalue weighted by Gasteiger charge is -2.37. The summed E-state index contributed by atoms with van der Waals surface area (Å²) in [6.07, 6.45) is 5.10. The number of aromatic nitrogens is 1.